The van der Waals surface area contributed by atoms with Crippen LogP contribution in [-0.4, -0.2) is 18.8 Å². The summed E-state index contributed by atoms with van der Waals surface area (Å²) in [5, 5.41) is 0. The maximum Gasteiger partial charge on any atom is 0.0585 e. The molecule has 0 radical (unpaired) electrons. The third-order valence-corrected chi connectivity index (χ3v) is 3.96. The van der Waals surface area contributed by atoms with Crippen LogP contribution >= 0.6 is 0 Å². The SMILES string of the molecule is Cc1ccc(C2(CCC(C)(C)N)COC2)c(C)c1. The van der Waals surface area contributed by atoms with Crippen molar-refractivity contribution >= 4 is 0 Å². The van der Waals surface area contributed by atoms with Crippen molar-refractivity contribution in [2.75, 3.05) is 13.2 Å². The molecule has 1 aliphatic rings. The van der Waals surface area contributed by atoms with Crippen LogP contribution in [0.1, 0.15) is 43.4 Å². The smallest absolute Gasteiger partial charge is 0.0585 e. The molecule has 2 N–H and O–H groups in total. The maximum atomic E-state index is 6.12. The standard InChI is InChI=1S/C16H25NO/c1-12-5-6-14(13(2)9-12)16(10-18-11-16)8-7-15(3,4)17/h5-6,9H,7-8,10-11,17H2,1-4H3. The summed E-state index contributed by atoms with van der Waals surface area (Å²) in [6, 6.07) is 6.75. The minimum absolute atomic E-state index is 0.0960. The van der Waals surface area contributed by atoms with Crippen LogP contribution in [0, 0.1) is 13.8 Å². The molecule has 1 saturated heterocycles. The first-order chi connectivity index (χ1) is 8.32. The number of nitrogens with two attached hydrogens (primary N) is 1. The molecule has 0 saturated carbocycles. The lowest BCUT2D eigenvalue weighted by molar-refractivity contribution is -0.0672. The van der Waals surface area contributed by atoms with E-state index >= 15 is 0 Å². The first-order valence-electron chi connectivity index (χ1n) is 6.77. The Labute approximate surface area is 111 Å². The van der Waals surface area contributed by atoms with Crippen LogP contribution in [0.4, 0.5) is 0 Å². The monoisotopic (exact) mass is 247 g/mol. The summed E-state index contributed by atoms with van der Waals surface area (Å²) in [6.45, 7) is 10.2. The Kier molecular flexibility index (Phi) is 3.52. The van der Waals surface area contributed by atoms with E-state index in [0.717, 1.165) is 26.1 Å². The number of hydrogen-bond acceptors (Lipinski definition) is 2. The van der Waals surface area contributed by atoms with Crippen molar-refractivity contribution in [3.8, 4) is 0 Å². The van der Waals surface area contributed by atoms with E-state index in [0.29, 0.717) is 0 Å². The topological polar surface area (TPSA) is 35.2 Å². The van der Waals surface area contributed by atoms with Crippen LogP contribution in [0.25, 0.3) is 0 Å². The highest BCUT2D eigenvalue weighted by Gasteiger charge is 2.41. The summed E-state index contributed by atoms with van der Waals surface area (Å²) in [4.78, 5) is 0. The zero-order chi connectivity index (χ0) is 13.4. The highest BCUT2D eigenvalue weighted by molar-refractivity contribution is 5.38. The van der Waals surface area contributed by atoms with Gasteiger partial charge in [-0.15, -0.1) is 0 Å². The fourth-order valence-electron chi connectivity index (χ4n) is 2.75. The molecule has 0 amide bonds. The van der Waals surface area contributed by atoms with E-state index in [-0.39, 0.29) is 11.0 Å². The van der Waals surface area contributed by atoms with Crippen LogP contribution < -0.4 is 5.73 Å². The Balaban J connectivity index is 2.21. The van der Waals surface area contributed by atoms with Crippen molar-refractivity contribution in [2.24, 2.45) is 5.73 Å². The van der Waals surface area contributed by atoms with Gasteiger partial charge in [-0.2, -0.15) is 0 Å². The lowest BCUT2D eigenvalue weighted by atomic mass is 9.71. The van der Waals surface area contributed by atoms with E-state index in [4.69, 9.17) is 10.5 Å². The van der Waals surface area contributed by atoms with Crippen LogP contribution in [0.15, 0.2) is 18.2 Å². The van der Waals surface area contributed by atoms with Gasteiger partial charge in [0.15, 0.2) is 0 Å². The molecule has 0 spiro atoms. The van der Waals surface area contributed by atoms with Crippen molar-refractivity contribution in [1.29, 1.82) is 0 Å². The first kappa shape index (κ1) is 13.6. The number of hydrogen-bond donors (Lipinski definition) is 1. The van der Waals surface area contributed by atoms with Crippen LogP contribution in [0.3, 0.4) is 0 Å². The van der Waals surface area contributed by atoms with E-state index in [1.165, 1.54) is 16.7 Å². The predicted molar refractivity (Wildman–Crippen MR) is 75.9 cm³/mol. The van der Waals surface area contributed by atoms with E-state index in [9.17, 15) is 0 Å². The molecule has 1 aromatic rings. The minimum Gasteiger partial charge on any atom is -0.379 e. The van der Waals surface area contributed by atoms with Gasteiger partial charge in [0.25, 0.3) is 0 Å². The van der Waals surface area contributed by atoms with Gasteiger partial charge in [-0.3, -0.25) is 0 Å². The molecule has 100 valence electrons. The molecule has 0 aromatic heterocycles. The molecule has 1 heterocycles. The molecule has 0 unspecified atom stereocenters. The van der Waals surface area contributed by atoms with Gasteiger partial charge in [-0.05, 0) is 51.7 Å². The van der Waals surface area contributed by atoms with E-state index in [1.807, 2.05) is 0 Å². The van der Waals surface area contributed by atoms with Gasteiger partial charge in [0.2, 0.25) is 0 Å². The molecular weight excluding hydrogens is 222 g/mol. The summed E-state index contributed by atoms with van der Waals surface area (Å²) < 4.78 is 5.50. The summed E-state index contributed by atoms with van der Waals surface area (Å²) in [5.41, 5.74) is 10.4. The number of rotatable bonds is 4. The molecule has 1 aromatic carbocycles. The molecule has 2 heteroatoms. The van der Waals surface area contributed by atoms with E-state index in [2.05, 4.69) is 45.9 Å². The third-order valence-electron chi connectivity index (χ3n) is 3.96. The maximum absolute atomic E-state index is 6.12. The normalized spacial score (nSPS) is 18.5. The average Bonchev–Trinajstić information content (AvgIpc) is 2.17. The highest BCUT2D eigenvalue weighted by Crippen LogP contribution is 2.39. The second-order valence-electron chi connectivity index (χ2n) is 6.58. The molecule has 0 atom stereocenters. The van der Waals surface area contributed by atoms with E-state index < -0.39 is 0 Å². The van der Waals surface area contributed by atoms with Gasteiger partial charge in [0.1, 0.15) is 0 Å². The summed E-state index contributed by atoms with van der Waals surface area (Å²) in [6.07, 6.45) is 2.14. The zero-order valence-electron chi connectivity index (χ0n) is 12.0. The van der Waals surface area contributed by atoms with Crippen LogP contribution in [-0.2, 0) is 10.2 Å². The molecular formula is C16H25NO. The quantitative estimate of drug-likeness (QED) is 0.887. The molecule has 0 aliphatic carbocycles. The van der Waals surface area contributed by atoms with Gasteiger partial charge in [-0.25, -0.2) is 0 Å². The lowest BCUT2D eigenvalue weighted by Gasteiger charge is -2.44. The second-order valence-corrected chi connectivity index (χ2v) is 6.58. The fourth-order valence-corrected chi connectivity index (χ4v) is 2.75. The summed E-state index contributed by atoms with van der Waals surface area (Å²) >= 11 is 0. The predicted octanol–water partition coefficient (Wildman–Crippen LogP) is 3.09. The Hall–Kier alpha value is -0.860. The number of aryl methyl sites for hydroxylation is 2. The van der Waals surface area contributed by atoms with Gasteiger partial charge >= 0.3 is 0 Å². The zero-order valence-corrected chi connectivity index (χ0v) is 12.0. The van der Waals surface area contributed by atoms with Crippen molar-refractivity contribution in [1.82, 2.24) is 0 Å². The van der Waals surface area contributed by atoms with Gasteiger partial charge < -0.3 is 10.5 Å². The van der Waals surface area contributed by atoms with Gasteiger partial charge in [0, 0.05) is 11.0 Å². The van der Waals surface area contributed by atoms with Crippen molar-refractivity contribution in [3.05, 3.63) is 34.9 Å². The first-order valence-corrected chi connectivity index (χ1v) is 6.77. The largest absolute Gasteiger partial charge is 0.379 e. The van der Waals surface area contributed by atoms with Crippen LogP contribution in [0.2, 0.25) is 0 Å². The molecule has 1 fully saturated rings. The van der Waals surface area contributed by atoms with Crippen molar-refractivity contribution < 1.29 is 4.74 Å². The Morgan fingerprint density at radius 1 is 1.28 bits per heavy atom. The minimum atomic E-state index is -0.0960. The Morgan fingerprint density at radius 2 is 1.94 bits per heavy atom. The molecule has 2 nitrogen and oxygen atoms in total. The average molecular weight is 247 g/mol. The molecule has 2 rings (SSSR count). The van der Waals surface area contributed by atoms with Crippen molar-refractivity contribution in [3.63, 3.8) is 0 Å². The lowest BCUT2D eigenvalue weighted by Crippen LogP contribution is -2.49. The van der Waals surface area contributed by atoms with E-state index in [1.54, 1.807) is 0 Å². The summed E-state index contributed by atoms with van der Waals surface area (Å²) in [5.74, 6) is 0. The number of benzene rings is 1. The molecule has 0 bridgehead atoms. The summed E-state index contributed by atoms with van der Waals surface area (Å²) in [7, 11) is 0. The highest BCUT2D eigenvalue weighted by atomic mass is 16.5. The van der Waals surface area contributed by atoms with Crippen molar-refractivity contribution in [2.45, 2.75) is 51.5 Å². The van der Waals surface area contributed by atoms with Gasteiger partial charge in [-0.1, -0.05) is 23.8 Å². The fraction of sp³-hybridized carbons (Fsp3) is 0.625. The van der Waals surface area contributed by atoms with Gasteiger partial charge in [0.05, 0.1) is 13.2 Å². The van der Waals surface area contributed by atoms with Crippen LogP contribution in [0.5, 0.6) is 0 Å². The Morgan fingerprint density at radius 3 is 2.39 bits per heavy atom. The number of ether oxygens (including phenoxy) is 1. The molecule has 1 aliphatic heterocycles. The Bertz CT molecular complexity index is 427. The third kappa shape index (κ3) is 2.76. The molecule has 18 heavy (non-hydrogen) atoms. The second kappa shape index (κ2) is 4.67.